The normalized spacial score (nSPS) is 11.1. The van der Waals surface area contributed by atoms with Gasteiger partial charge in [0.05, 0.1) is 18.9 Å². The molecule has 0 unspecified atom stereocenters. The highest BCUT2D eigenvalue weighted by Gasteiger charge is 2.37. The largest absolute Gasteiger partial charge is 0.470 e. The van der Waals surface area contributed by atoms with Gasteiger partial charge in [0.25, 0.3) is 5.88 Å². The number of ether oxygens (including phenoxy) is 2. The lowest BCUT2D eigenvalue weighted by atomic mass is 9.77. The number of carbonyl (C=O) groups excluding carboxylic acids is 1. The molecule has 1 aromatic heterocycles. The van der Waals surface area contributed by atoms with E-state index in [0.29, 0.717) is 16.0 Å². The Kier molecular flexibility index (Phi) is 8.17. The molecule has 200 valence electrons. The van der Waals surface area contributed by atoms with Gasteiger partial charge in [0.2, 0.25) is 0 Å². The second-order valence-corrected chi connectivity index (χ2v) is 9.71. The summed E-state index contributed by atoms with van der Waals surface area (Å²) < 4.78 is 25.5. The summed E-state index contributed by atoms with van der Waals surface area (Å²) in [6, 6.07) is 33.9. The van der Waals surface area contributed by atoms with Crippen LogP contribution in [0.25, 0.3) is 0 Å². The standard InChI is InChI=1S/C32H25BrFN3O3/c1-39-31(38)27-18-17-26(34)19-22(27)21-40-30-29(35-20-28(33)36-30)37-32(23-11-5-2-6-12-23,24-13-7-3-8-14-24)25-15-9-4-10-16-25/h2-20H,21H2,1H3,(H,35,37). The minimum absolute atomic E-state index is 0.142. The minimum Gasteiger partial charge on any atom is -0.470 e. The van der Waals surface area contributed by atoms with E-state index in [1.807, 2.05) is 54.6 Å². The number of aromatic nitrogens is 2. The van der Waals surface area contributed by atoms with Crippen molar-refractivity contribution < 1.29 is 18.7 Å². The van der Waals surface area contributed by atoms with Crippen molar-refractivity contribution in [3.63, 3.8) is 0 Å². The highest BCUT2D eigenvalue weighted by atomic mass is 79.9. The molecule has 6 nitrogen and oxygen atoms in total. The fraction of sp³-hybridized carbons (Fsp3) is 0.0938. The van der Waals surface area contributed by atoms with Crippen molar-refractivity contribution in [1.29, 1.82) is 0 Å². The number of hydrogen-bond donors (Lipinski definition) is 1. The number of nitrogens with zero attached hydrogens (tertiary/aromatic N) is 2. The van der Waals surface area contributed by atoms with E-state index in [1.165, 1.54) is 25.3 Å². The smallest absolute Gasteiger partial charge is 0.338 e. The van der Waals surface area contributed by atoms with Gasteiger partial charge in [0.1, 0.15) is 22.6 Å². The summed E-state index contributed by atoms with van der Waals surface area (Å²) in [5.74, 6) is -0.563. The number of esters is 1. The first kappa shape index (κ1) is 27.0. The van der Waals surface area contributed by atoms with Gasteiger partial charge in [-0.1, -0.05) is 91.0 Å². The molecule has 8 heteroatoms. The summed E-state index contributed by atoms with van der Waals surface area (Å²) in [7, 11) is 1.27. The molecule has 0 amide bonds. The Balaban J connectivity index is 1.62. The Morgan fingerprint density at radius 1 is 0.875 bits per heavy atom. The predicted molar refractivity (Wildman–Crippen MR) is 155 cm³/mol. The zero-order valence-electron chi connectivity index (χ0n) is 21.6. The summed E-state index contributed by atoms with van der Waals surface area (Å²) in [5.41, 5.74) is 2.57. The third kappa shape index (κ3) is 5.58. The number of benzene rings is 4. The third-order valence-electron chi connectivity index (χ3n) is 6.47. The van der Waals surface area contributed by atoms with E-state index in [0.717, 1.165) is 16.7 Å². The van der Waals surface area contributed by atoms with Crippen molar-refractivity contribution >= 4 is 27.7 Å². The summed E-state index contributed by atoms with van der Waals surface area (Å²) in [4.78, 5) is 21.5. The number of nitrogens with one attached hydrogen (secondary N) is 1. The Morgan fingerprint density at radius 2 is 1.43 bits per heavy atom. The molecular formula is C32H25BrFN3O3. The molecule has 0 spiro atoms. The lowest BCUT2D eigenvalue weighted by Crippen LogP contribution is -2.38. The molecule has 0 aliphatic rings. The molecule has 0 aliphatic carbocycles. The SMILES string of the molecule is COC(=O)c1ccc(F)cc1COc1nc(Br)cnc1NC(c1ccccc1)(c1ccccc1)c1ccccc1. The van der Waals surface area contributed by atoms with Crippen LogP contribution in [0.5, 0.6) is 5.88 Å². The molecule has 0 atom stereocenters. The Labute approximate surface area is 240 Å². The fourth-order valence-corrected chi connectivity index (χ4v) is 4.90. The Hall–Kier alpha value is -4.56. The molecule has 1 heterocycles. The molecule has 5 aromatic rings. The molecule has 5 rings (SSSR count). The number of methoxy groups -OCH3 is 1. The van der Waals surface area contributed by atoms with Gasteiger partial charge in [0, 0.05) is 5.56 Å². The van der Waals surface area contributed by atoms with Gasteiger partial charge in [0.15, 0.2) is 5.82 Å². The van der Waals surface area contributed by atoms with Crippen LogP contribution in [0.15, 0.2) is 120 Å². The van der Waals surface area contributed by atoms with Crippen molar-refractivity contribution in [2.45, 2.75) is 12.1 Å². The van der Waals surface area contributed by atoms with E-state index in [1.54, 1.807) is 6.20 Å². The maximum atomic E-state index is 14.1. The van der Waals surface area contributed by atoms with Crippen molar-refractivity contribution in [2.24, 2.45) is 0 Å². The van der Waals surface area contributed by atoms with E-state index in [2.05, 4.69) is 67.6 Å². The number of anilines is 1. The van der Waals surface area contributed by atoms with Gasteiger partial charge in [-0.15, -0.1) is 0 Å². The zero-order chi connectivity index (χ0) is 28.0. The molecule has 1 N–H and O–H groups in total. The number of rotatable bonds is 9. The molecule has 0 fully saturated rings. The van der Waals surface area contributed by atoms with Crippen LogP contribution in [-0.2, 0) is 16.9 Å². The van der Waals surface area contributed by atoms with Crippen LogP contribution in [0.1, 0.15) is 32.6 Å². The van der Waals surface area contributed by atoms with E-state index >= 15 is 0 Å². The van der Waals surface area contributed by atoms with Crippen LogP contribution < -0.4 is 10.1 Å². The quantitative estimate of drug-likeness (QED) is 0.144. The van der Waals surface area contributed by atoms with Gasteiger partial charge in [-0.25, -0.2) is 19.2 Å². The second-order valence-electron chi connectivity index (χ2n) is 8.90. The first-order valence-corrected chi connectivity index (χ1v) is 13.3. The van der Waals surface area contributed by atoms with E-state index < -0.39 is 17.3 Å². The molecular weight excluding hydrogens is 573 g/mol. The van der Waals surface area contributed by atoms with Crippen molar-refractivity contribution in [2.75, 3.05) is 12.4 Å². The second kappa shape index (κ2) is 12.1. The lowest BCUT2D eigenvalue weighted by Gasteiger charge is -2.37. The van der Waals surface area contributed by atoms with Crippen molar-refractivity contribution in [3.05, 3.63) is 154 Å². The molecule has 40 heavy (non-hydrogen) atoms. The van der Waals surface area contributed by atoms with Crippen LogP contribution in [0.2, 0.25) is 0 Å². The van der Waals surface area contributed by atoms with Crippen LogP contribution in [0.4, 0.5) is 10.2 Å². The van der Waals surface area contributed by atoms with Crippen LogP contribution in [-0.4, -0.2) is 23.0 Å². The maximum absolute atomic E-state index is 14.1. The first-order valence-electron chi connectivity index (χ1n) is 12.5. The Morgan fingerprint density at radius 3 is 1.95 bits per heavy atom. The van der Waals surface area contributed by atoms with Gasteiger partial charge < -0.3 is 14.8 Å². The van der Waals surface area contributed by atoms with Crippen molar-refractivity contribution in [3.8, 4) is 5.88 Å². The van der Waals surface area contributed by atoms with Gasteiger partial charge in [-0.05, 0) is 50.8 Å². The van der Waals surface area contributed by atoms with Gasteiger partial charge >= 0.3 is 5.97 Å². The van der Waals surface area contributed by atoms with E-state index in [4.69, 9.17) is 9.47 Å². The van der Waals surface area contributed by atoms with E-state index in [-0.39, 0.29) is 18.1 Å². The Bertz CT molecular complexity index is 1510. The van der Waals surface area contributed by atoms with E-state index in [9.17, 15) is 9.18 Å². The lowest BCUT2D eigenvalue weighted by molar-refractivity contribution is 0.0597. The van der Waals surface area contributed by atoms with Crippen LogP contribution in [0.3, 0.4) is 0 Å². The topological polar surface area (TPSA) is 73.3 Å². The highest BCUT2D eigenvalue weighted by molar-refractivity contribution is 9.10. The molecule has 4 aromatic carbocycles. The monoisotopic (exact) mass is 597 g/mol. The summed E-state index contributed by atoms with van der Waals surface area (Å²) >= 11 is 3.38. The maximum Gasteiger partial charge on any atom is 0.338 e. The summed E-state index contributed by atoms with van der Waals surface area (Å²) in [6.07, 6.45) is 1.57. The van der Waals surface area contributed by atoms with Crippen LogP contribution >= 0.6 is 15.9 Å². The fourth-order valence-electron chi connectivity index (χ4n) is 4.63. The van der Waals surface area contributed by atoms with Gasteiger partial charge in [-0.2, -0.15) is 0 Å². The zero-order valence-corrected chi connectivity index (χ0v) is 23.1. The van der Waals surface area contributed by atoms with Gasteiger partial charge in [-0.3, -0.25) is 0 Å². The van der Waals surface area contributed by atoms with Crippen molar-refractivity contribution in [1.82, 2.24) is 9.97 Å². The predicted octanol–water partition coefficient (Wildman–Crippen LogP) is 7.15. The highest BCUT2D eigenvalue weighted by Crippen LogP contribution is 2.41. The molecule has 0 radical (unpaired) electrons. The molecule has 0 bridgehead atoms. The number of hydrogen-bond acceptors (Lipinski definition) is 6. The van der Waals surface area contributed by atoms with Crippen LogP contribution in [0, 0.1) is 5.82 Å². The molecule has 0 saturated carbocycles. The number of carbonyl (C=O) groups is 1. The molecule has 0 saturated heterocycles. The first-order chi connectivity index (χ1) is 19.5. The summed E-state index contributed by atoms with van der Waals surface area (Å²) in [5, 5.41) is 3.65. The molecule has 0 aliphatic heterocycles. The average Bonchev–Trinajstić information content (AvgIpc) is 3.00. The average molecular weight is 598 g/mol. The third-order valence-corrected chi connectivity index (χ3v) is 6.86. The number of halogens is 2. The minimum atomic E-state index is -0.875. The summed E-state index contributed by atoms with van der Waals surface area (Å²) in [6.45, 7) is -0.142.